The Kier molecular flexibility index (Phi) is 2.78. The van der Waals surface area contributed by atoms with Crippen LogP contribution in [0.1, 0.15) is 18.0 Å². The first-order chi connectivity index (χ1) is 8.66. The first-order valence-electron chi connectivity index (χ1n) is 5.91. The van der Waals surface area contributed by atoms with Gasteiger partial charge in [0.1, 0.15) is 0 Å². The lowest BCUT2D eigenvalue weighted by molar-refractivity contribution is -0.140. The zero-order valence-corrected chi connectivity index (χ0v) is 10.4. The maximum Gasteiger partial charge on any atom is 0.307 e. The topological polar surface area (TPSA) is 66.4 Å². The number of carboxylic acid groups (broad SMARTS) is 1. The molecule has 0 saturated heterocycles. The molecule has 3 atom stereocenters. The van der Waals surface area contributed by atoms with Crippen LogP contribution < -0.4 is 5.32 Å². The highest BCUT2D eigenvalue weighted by atomic mass is 32.2. The van der Waals surface area contributed by atoms with E-state index in [1.54, 1.807) is 11.8 Å². The third-order valence-electron chi connectivity index (χ3n) is 3.46. The minimum absolute atomic E-state index is 0.0220. The average molecular weight is 263 g/mol. The number of benzene rings is 1. The standard InChI is InChI=1S/C13H13NO3S/c15-12(8-5-9(8)13(16)17)14-10-6-18-11-4-2-1-3-7(10)11/h1-4,8-10H,5-6H2,(H,14,15)(H,16,17). The normalized spacial score (nSPS) is 28.6. The number of hydrogen-bond donors (Lipinski definition) is 2. The number of amides is 1. The SMILES string of the molecule is O=C(O)C1CC1C(=O)NC1CSc2ccccc21. The highest BCUT2D eigenvalue weighted by Gasteiger charge is 2.48. The van der Waals surface area contributed by atoms with E-state index >= 15 is 0 Å². The molecule has 94 valence electrons. The third-order valence-corrected chi connectivity index (χ3v) is 4.64. The molecule has 0 radical (unpaired) electrons. The van der Waals surface area contributed by atoms with Crippen LogP contribution >= 0.6 is 11.8 Å². The summed E-state index contributed by atoms with van der Waals surface area (Å²) in [6.45, 7) is 0. The summed E-state index contributed by atoms with van der Waals surface area (Å²) in [5.74, 6) is -0.967. The third kappa shape index (κ3) is 1.99. The number of carboxylic acids is 1. The molecule has 2 N–H and O–H groups in total. The first-order valence-corrected chi connectivity index (χ1v) is 6.90. The van der Waals surface area contributed by atoms with Crippen LogP contribution in [0.3, 0.4) is 0 Å². The zero-order valence-electron chi connectivity index (χ0n) is 9.63. The molecule has 3 unspecified atom stereocenters. The van der Waals surface area contributed by atoms with Gasteiger partial charge < -0.3 is 10.4 Å². The van der Waals surface area contributed by atoms with Crippen molar-refractivity contribution in [1.29, 1.82) is 0 Å². The van der Waals surface area contributed by atoms with Crippen molar-refractivity contribution in [3.63, 3.8) is 0 Å². The molecule has 18 heavy (non-hydrogen) atoms. The van der Waals surface area contributed by atoms with Crippen LogP contribution in [0.15, 0.2) is 29.2 Å². The Labute approximate surface area is 109 Å². The fraction of sp³-hybridized carbons (Fsp3) is 0.385. The molecule has 4 nitrogen and oxygen atoms in total. The summed E-state index contributed by atoms with van der Waals surface area (Å²) >= 11 is 1.73. The molecule has 0 aromatic heterocycles. The van der Waals surface area contributed by atoms with E-state index in [0.29, 0.717) is 6.42 Å². The van der Waals surface area contributed by atoms with Gasteiger partial charge in [-0.1, -0.05) is 18.2 Å². The van der Waals surface area contributed by atoms with Crippen molar-refractivity contribution < 1.29 is 14.7 Å². The smallest absolute Gasteiger partial charge is 0.307 e. The summed E-state index contributed by atoms with van der Waals surface area (Å²) in [5.41, 5.74) is 1.14. The number of fused-ring (bicyclic) bond motifs is 1. The molecule has 1 saturated carbocycles. The number of hydrogen-bond acceptors (Lipinski definition) is 3. The number of thioether (sulfide) groups is 1. The van der Waals surface area contributed by atoms with Crippen LogP contribution in [-0.2, 0) is 9.59 Å². The predicted molar refractivity (Wildman–Crippen MR) is 67.3 cm³/mol. The average Bonchev–Trinajstić information content (AvgIpc) is 3.08. The van der Waals surface area contributed by atoms with E-state index in [0.717, 1.165) is 11.3 Å². The molecular weight excluding hydrogens is 250 g/mol. The van der Waals surface area contributed by atoms with Gasteiger partial charge in [0.15, 0.2) is 0 Å². The van der Waals surface area contributed by atoms with E-state index in [1.807, 2.05) is 24.3 Å². The Morgan fingerprint density at radius 3 is 2.78 bits per heavy atom. The summed E-state index contributed by atoms with van der Waals surface area (Å²) in [4.78, 5) is 23.8. The maximum atomic E-state index is 11.9. The van der Waals surface area contributed by atoms with Crippen molar-refractivity contribution in [2.24, 2.45) is 11.8 Å². The van der Waals surface area contributed by atoms with Crippen LogP contribution in [0.4, 0.5) is 0 Å². The Hall–Kier alpha value is -1.49. The molecule has 1 aromatic carbocycles. The van der Waals surface area contributed by atoms with E-state index in [-0.39, 0.29) is 17.9 Å². The van der Waals surface area contributed by atoms with E-state index in [4.69, 9.17) is 5.11 Å². The molecule has 1 aliphatic heterocycles. The van der Waals surface area contributed by atoms with E-state index < -0.39 is 11.9 Å². The number of carbonyl (C=O) groups is 2. The Bertz CT molecular complexity index is 517. The van der Waals surface area contributed by atoms with Gasteiger partial charge in [-0.3, -0.25) is 9.59 Å². The summed E-state index contributed by atoms with van der Waals surface area (Å²) in [6.07, 6.45) is 0.475. The van der Waals surface area contributed by atoms with Crippen molar-refractivity contribution in [1.82, 2.24) is 5.32 Å². The largest absolute Gasteiger partial charge is 0.481 e. The molecule has 1 aliphatic carbocycles. The molecule has 0 bridgehead atoms. The van der Waals surface area contributed by atoms with Crippen molar-refractivity contribution >= 4 is 23.6 Å². The second kappa shape index (κ2) is 4.31. The molecule has 1 fully saturated rings. The van der Waals surface area contributed by atoms with Gasteiger partial charge in [-0.2, -0.15) is 0 Å². The molecular formula is C13H13NO3S. The number of nitrogens with one attached hydrogen (secondary N) is 1. The van der Waals surface area contributed by atoms with E-state index in [9.17, 15) is 9.59 Å². The maximum absolute atomic E-state index is 11.9. The predicted octanol–water partition coefficient (Wildman–Crippen LogP) is 1.67. The van der Waals surface area contributed by atoms with Crippen molar-refractivity contribution in [3.8, 4) is 0 Å². The van der Waals surface area contributed by atoms with Gasteiger partial charge in [-0.05, 0) is 18.1 Å². The summed E-state index contributed by atoms with van der Waals surface area (Å²) < 4.78 is 0. The fourth-order valence-corrected chi connectivity index (χ4v) is 3.48. The van der Waals surface area contributed by atoms with Gasteiger partial charge in [0, 0.05) is 10.6 Å². The minimum atomic E-state index is -0.864. The van der Waals surface area contributed by atoms with Crippen LogP contribution in [0, 0.1) is 11.8 Å². The van der Waals surface area contributed by atoms with Crippen LogP contribution in [0.5, 0.6) is 0 Å². The number of aliphatic carboxylic acids is 1. The molecule has 0 spiro atoms. The summed E-state index contributed by atoms with van der Waals surface area (Å²) in [5, 5.41) is 11.8. The Morgan fingerprint density at radius 1 is 1.28 bits per heavy atom. The van der Waals surface area contributed by atoms with E-state index in [2.05, 4.69) is 5.32 Å². The Morgan fingerprint density at radius 2 is 2.06 bits per heavy atom. The summed E-state index contributed by atoms with van der Waals surface area (Å²) in [6, 6.07) is 8.03. The minimum Gasteiger partial charge on any atom is -0.481 e. The molecule has 1 heterocycles. The van der Waals surface area contributed by atoms with E-state index in [1.165, 1.54) is 4.90 Å². The number of rotatable bonds is 3. The molecule has 1 amide bonds. The lowest BCUT2D eigenvalue weighted by Crippen LogP contribution is -2.30. The summed E-state index contributed by atoms with van der Waals surface area (Å²) in [7, 11) is 0. The van der Waals surface area contributed by atoms with Gasteiger partial charge in [-0.25, -0.2) is 0 Å². The van der Waals surface area contributed by atoms with Gasteiger partial charge in [-0.15, -0.1) is 11.8 Å². The van der Waals surface area contributed by atoms with Gasteiger partial charge in [0.2, 0.25) is 5.91 Å². The molecule has 5 heteroatoms. The lowest BCUT2D eigenvalue weighted by Gasteiger charge is -2.12. The highest BCUT2D eigenvalue weighted by molar-refractivity contribution is 7.99. The first kappa shape index (κ1) is 11.6. The van der Waals surface area contributed by atoms with Crippen molar-refractivity contribution in [2.75, 3.05) is 5.75 Å². The monoisotopic (exact) mass is 263 g/mol. The second-order valence-corrected chi connectivity index (χ2v) is 5.76. The van der Waals surface area contributed by atoms with Gasteiger partial charge in [0.05, 0.1) is 17.9 Å². The molecule has 1 aromatic rings. The van der Waals surface area contributed by atoms with Crippen LogP contribution in [-0.4, -0.2) is 22.7 Å². The lowest BCUT2D eigenvalue weighted by atomic mass is 10.1. The van der Waals surface area contributed by atoms with Crippen molar-refractivity contribution in [3.05, 3.63) is 29.8 Å². The number of carbonyl (C=O) groups excluding carboxylic acids is 1. The second-order valence-electron chi connectivity index (χ2n) is 4.70. The quantitative estimate of drug-likeness (QED) is 0.870. The zero-order chi connectivity index (χ0) is 12.7. The molecule has 2 aliphatic rings. The fourth-order valence-electron chi connectivity index (χ4n) is 2.32. The molecule has 3 rings (SSSR count). The van der Waals surface area contributed by atoms with Gasteiger partial charge >= 0.3 is 5.97 Å². The Balaban J connectivity index is 1.65. The van der Waals surface area contributed by atoms with Crippen molar-refractivity contribution in [2.45, 2.75) is 17.4 Å². The van der Waals surface area contributed by atoms with Gasteiger partial charge in [0.25, 0.3) is 0 Å². The van der Waals surface area contributed by atoms with Crippen LogP contribution in [0.25, 0.3) is 0 Å². The highest BCUT2D eigenvalue weighted by Crippen LogP contribution is 2.41. The van der Waals surface area contributed by atoms with Crippen LogP contribution in [0.2, 0.25) is 0 Å².